The fourth-order valence-electron chi connectivity index (χ4n) is 3.15. The van der Waals surface area contributed by atoms with Crippen molar-refractivity contribution in [2.75, 3.05) is 25.0 Å². The highest BCUT2D eigenvalue weighted by atomic mass is 16.2. The topological polar surface area (TPSA) is 62.6 Å². The molecule has 1 aliphatic heterocycles. The number of carbonyl (C=O) groups excluding carboxylic acids is 2. The van der Waals surface area contributed by atoms with Crippen LogP contribution in [0.2, 0.25) is 0 Å². The van der Waals surface area contributed by atoms with Crippen molar-refractivity contribution in [3.8, 4) is 0 Å². The molecule has 5 nitrogen and oxygen atoms in total. The first kappa shape index (κ1) is 15.5. The van der Waals surface area contributed by atoms with E-state index in [-0.39, 0.29) is 5.91 Å². The Kier molecular flexibility index (Phi) is 5.33. The molecule has 0 radical (unpaired) electrons. The first-order chi connectivity index (χ1) is 10.0. The van der Waals surface area contributed by atoms with Gasteiger partial charge in [-0.2, -0.15) is 0 Å². The van der Waals surface area contributed by atoms with Gasteiger partial charge in [0.15, 0.2) is 6.54 Å². The Bertz CT molecular complexity index is 480. The summed E-state index contributed by atoms with van der Waals surface area (Å²) in [6.07, 6.45) is 1.22. The summed E-state index contributed by atoms with van der Waals surface area (Å²) in [6.45, 7) is 6.79. The van der Waals surface area contributed by atoms with Crippen LogP contribution in [0.1, 0.15) is 20.3 Å². The van der Waals surface area contributed by atoms with Crippen LogP contribution in [0.4, 0.5) is 10.5 Å². The van der Waals surface area contributed by atoms with Gasteiger partial charge in [-0.05, 0) is 18.6 Å². The van der Waals surface area contributed by atoms with E-state index >= 15 is 0 Å². The maximum atomic E-state index is 11.9. The largest absolute Gasteiger partial charge is 0.327 e. The van der Waals surface area contributed by atoms with Crippen molar-refractivity contribution in [1.82, 2.24) is 5.32 Å². The van der Waals surface area contributed by atoms with Gasteiger partial charge in [0.25, 0.3) is 5.91 Å². The summed E-state index contributed by atoms with van der Waals surface area (Å²) in [4.78, 5) is 24.9. The number of carbonyl (C=O) groups is 2. The Labute approximate surface area is 125 Å². The molecule has 0 spiro atoms. The van der Waals surface area contributed by atoms with Crippen LogP contribution >= 0.6 is 0 Å². The number of hydrogen-bond acceptors (Lipinski definition) is 2. The number of likely N-dealkylation sites (tertiary alicyclic amines) is 1. The van der Waals surface area contributed by atoms with E-state index in [0.717, 1.165) is 13.1 Å². The Balaban J connectivity index is 1.77. The fourth-order valence-corrected chi connectivity index (χ4v) is 3.15. The predicted octanol–water partition coefficient (Wildman–Crippen LogP) is 0.896. The molecule has 0 bridgehead atoms. The number of imide groups is 1. The lowest BCUT2D eigenvalue weighted by atomic mass is 9.92. The van der Waals surface area contributed by atoms with E-state index in [9.17, 15) is 9.59 Å². The van der Waals surface area contributed by atoms with Crippen molar-refractivity contribution in [2.45, 2.75) is 20.3 Å². The number of rotatable bonds is 3. The second kappa shape index (κ2) is 7.22. The first-order valence-electron chi connectivity index (χ1n) is 7.52. The van der Waals surface area contributed by atoms with Crippen molar-refractivity contribution >= 4 is 17.6 Å². The molecule has 1 aliphatic rings. The average Bonchev–Trinajstić information content (AvgIpc) is 2.37. The number of benzene rings is 1. The molecular weight excluding hydrogens is 266 g/mol. The smallest absolute Gasteiger partial charge is 0.326 e. The van der Waals surface area contributed by atoms with Gasteiger partial charge in [-0.1, -0.05) is 32.0 Å². The maximum Gasteiger partial charge on any atom is 0.326 e. The monoisotopic (exact) mass is 290 g/mol. The van der Waals surface area contributed by atoms with Crippen LogP contribution < -0.4 is 15.5 Å². The normalized spacial score (nSPS) is 25.1. The molecule has 1 saturated heterocycles. The number of urea groups is 1. The predicted molar refractivity (Wildman–Crippen MR) is 82.1 cm³/mol. The number of piperidine rings is 1. The minimum absolute atomic E-state index is 0.222. The lowest BCUT2D eigenvalue weighted by molar-refractivity contribution is -0.904. The number of para-hydroxylation sites is 1. The van der Waals surface area contributed by atoms with Crippen LogP contribution in [0.3, 0.4) is 0 Å². The minimum atomic E-state index is -0.469. The van der Waals surface area contributed by atoms with Gasteiger partial charge in [-0.15, -0.1) is 0 Å². The SMILES string of the molecule is C[C@@H]1C[C@H](C)C[NH+](CC(=O)NC(=O)Nc2ccccc2)C1. The summed E-state index contributed by atoms with van der Waals surface area (Å²) in [5.41, 5.74) is 0.676. The molecule has 114 valence electrons. The Morgan fingerprint density at radius 1 is 1.14 bits per heavy atom. The highest BCUT2D eigenvalue weighted by molar-refractivity contribution is 6.01. The van der Waals surface area contributed by atoms with Gasteiger partial charge in [-0.25, -0.2) is 4.79 Å². The van der Waals surface area contributed by atoms with Gasteiger partial charge >= 0.3 is 6.03 Å². The third-order valence-corrected chi connectivity index (χ3v) is 3.77. The summed E-state index contributed by atoms with van der Waals surface area (Å²) >= 11 is 0. The Hall–Kier alpha value is -1.88. The van der Waals surface area contributed by atoms with Crippen LogP contribution in [0.15, 0.2) is 30.3 Å². The summed E-state index contributed by atoms with van der Waals surface area (Å²) in [6, 6.07) is 8.63. The van der Waals surface area contributed by atoms with Crippen LogP contribution in [0, 0.1) is 11.8 Å². The number of hydrogen-bond donors (Lipinski definition) is 3. The van der Waals surface area contributed by atoms with Crippen LogP contribution in [-0.2, 0) is 4.79 Å². The molecule has 3 atom stereocenters. The van der Waals surface area contributed by atoms with E-state index < -0.39 is 6.03 Å². The number of anilines is 1. The Morgan fingerprint density at radius 2 is 1.76 bits per heavy atom. The van der Waals surface area contributed by atoms with E-state index in [1.165, 1.54) is 11.3 Å². The van der Waals surface area contributed by atoms with Gasteiger partial charge in [0.05, 0.1) is 13.1 Å². The zero-order chi connectivity index (χ0) is 15.2. The molecule has 1 fully saturated rings. The van der Waals surface area contributed by atoms with Gasteiger partial charge < -0.3 is 10.2 Å². The zero-order valence-corrected chi connectivity index (χ0v) is 12.7. The van der Waals surface area contributed by atoms with Crippen molar-refractivity contribution < 1.29 is 14.5 Å². The Morgan fingerprint density at radius 3 is 2.38 bits per heavy atom. The molecule has 0 saturated carbocycles. The third kappa shape index (κ3) is 5.19. The average molecular weight is 290 g/mol. The van der Waals surface area contributed by atoms with E-state index in [1.807, 2.05) is 18.2 Å². The van der Waals surface area contributed by atoms with Crippen LogP contribution in [-0.4, -0.2) is 31.6 Å². The number of amides is 3. The summed E-state index contributed by atoms with van der Waals surface area (Å²) < 4.78 is 0. The number of quaternary nitrogens is 1. The second-order valence-electron chi connectivity index (χ2n) is 6.15. The molecule has 1 aromatic rings. The number of nitrogens with one attached hydrogen (secondary N) is 3. The second-order valence-corrected chi connectivity index (χ2v) is 6.15. The van der Waals surface area contributed by atoms with Gasteiger partial charge in [-0.3, -0.25) is 10.1 Å². The van der Waals surface area contributed by atoms with E-state index in [2.05, 4.69) is 24.5 Å². The van der Waals surface area contributed by atoms with E-state index in [4.69, 9.17) is 0 Å². The minimum Gasteiger partial charge on any atom is -0.327 e. The molecule has 0 aliphatic carbocycles. The molecule has 3 amide bonds. The molecule has 2 rings (SSSR count). The zero-order valence-electron chi connectivity index (χ0n) is 12.7. The maximum absolute atomic E-state index is 11.9. The third-order valence-electron chi connectivity index (χ3n) is 3.77. The van der Waals surface area contributed by atoms with E-state index in [1.54, 1.807) is 12.1 Å². The molecule has 0 aromatic heterocycles. The highest BCUT2D eigenvalue weighted by Gasteiger charge is 2.27. The lowest BCUT2D eigenvalue weighted by Gasteiger charge is -2.31. The molecule has 1 unspecified atom stereocenters. The van der Waals surface area contributed by atoms with Crippen molar-refractivity contribution in [3.63, 3.8) is 0 Å². The molecule has 5 heteroatoms. The molecule has 1 aromatic carbocycles. The molecule has 3 N–H and O–H groups in total. The highest BCUT2D eigenvalue weighted by Crippen LogP contribution is 2.11. The summed E-state index contributed by atoms with van der Waals surface area (Å²) in [5, 5.41) is 5.04. The molecular formula is C16H24N3O2+. The van der Waals surface area contributed by atoms with Crippen molar-refractivity contribution in [1.29, 1.82) is 0 Å². The van der Waals surface area contributed by atoms with Crippen molar-refractivity contribution in [2.24, 2.45) is 11.8 Å². The van der Waals surface area contributed by atoms with Crippen molar-refractivity contribution in [3.05, 3.63) is 30.3 Å². The summed E-state index contributed by atoms with van der Waals surface area (Å²) in [7, 11) is 0. The summed E-state index contributed by atoms with van der Waals surface area (Å²) in [5.74, 6) is 1.05. The van der Waals surface area contributed by atoms with Gasteiger partial charge in [0.2, 0.25) is 0 Å². The molecule has 1 heterocycles. The quantitative estimate of drug-likeness (QED) is 0.774. The first-order valence-corrected chi connectivity index (χ1v) is 7.52. The van der Waals surface area contributed by atoms with Gasteiger partial charge in [0.1, 0.15) is 0 Å². The van der Waals surface area contributed by atoms with Gasteiger partial charge in [0, 0.05) is 17.5 Å². The van der Waals surface area contributed by atoms with Crippen LogP contribution in [0.5, 0.6) is 0 Å². The standard InChI is InChI=1S/C16H23N3O2/c1-12-8-13(2)10-19(9-12)11-15(20)18-16(21)17-14-6-4-3-5-7-14/h3-7,12-13H,8-11H2,1-2H3,(H2,17,18,20,21)/p+1/t12-,13+. The van der Waals surface area contributed by atoms with E-state index in [0.29, 0.717) is 24.1 Å². The molecule has 21 heavy (non-hydrogen) atoms. The van der Waals surface area contributed by atoms with Crippen LogP contribution in [0.25, 0.3) is 0 Å². The fraction of sp³-hybridized carbons (Fsp3) is 0.500. The lowest BCUT2D eigenvalue weighted by Crippen LogP contribution is -3.15.